The van der Waals surface area contributed by atoms with Gasteiger partial charge in [-0.15, -0.1) is 0 Å². The Labute approximate surface area is 153 Å². The summed E-state index contributed by atoms with van der Waals surface area (Å²) in [4.78, 5) is 12.4. The number of rotatable bonds is 4. The van der Waals surface area contributed by atoms with Crippen LogP contribution in [0.3, 0.4) is 0 Å². The molecule has 0 saturated heterocycles. The van der Waals surface area contributed by atoms with Gasteiger partial charge in [-0.2, -0.15) is 10.4 Å². The van der Waals surface area contributed by atoms with Gasteiger partial charge in [-0.25, -0.2) is 9.97 Å². The molecule has 0 unspecified atom stereocenters. The number of hydrogen-bond acceptors (Lipinski definition) is 5. The fraction of sp³-hybridized carbons (Fsp3) is 0.158. The lowest BCUT2D eigenvalue weighted by Gasteiger charge is -2.05. The van der Waals surface area contributed by atoms with E-state index in [0.29, 0.717) is 24.6 Å². The van der Waals surface area contributed by atoms with Crippen LogP contribution < -0.4 is 0 Å². The minimum atomic E-state index is 0.405. The summed E-state index contributed by atoms with van der Waals surface area (Å²) < 4.78 is 9.63. The van der Waals surface area contributed by atoms with Gasteiger partial charge in [0.1, 0.15) is 16.9 Å². The Morgan fingerprint density at radius 2 is 2.19 bits per heavy atom. The Balaban J connectivity index is 1.80. The number of H-pyrrole nitrogens is 1. The van der Waals surface area contributed by atoms with Gasteiger partial charge in [-0.1, -0.05) is 0 Å². The van der Waals surface area contributed by atoms with Gasteiger partial charge < -0.3 is 9.40 Å². The summed E-state index contributed by atoms with van der Waals surface area (Å²) in [5.74, 6) is 2.18. The van der Waals surface area contributed by atoms with Crippen LogP contribution in [-0.4, -0.2) is 29.3 Å². The number of furan rings is 1. The van der Waals surface area contributed by atoms with Gasteiger partial charge in [0, 0.05) is 17.8 Å². The second-order valence-electron chi connectivity index (χ2n) is 6.28. The second-order valence-corrected chi connectivity index (χ2v) is 6.28. The van der Waals surface area contributed by atoms with Crippen molar-refractivity contribution in [2.45, 2.75) is 19.9 Å². The molecule has 0 aliphatic rings. The van der Waals surface area contributed by atoms with Crippen LogP contribution in [0.4, 0.5) is 0 Å². The molecule has 0 aromatic carbocycles. The summed E-state index contributed by atoms with van der Waals surface area (Å²) in [5, 5.41) is 14.2. The molecule has 0 fully saturated rings. The van der Waals surface area contributed by atoms with E-state index in [-0.39, 0.29) is 0 Å². The van der Waals surface area contributed by atoms with E-state index in [1.54, 1.807) is 17.1 Å². The van der Waals surface area contributed by atoms with E-state index < -0.39 is 0 Å². The van der Waals surface area contributed by atoms with E-state index in [9.17, 15) is 0 Å². The molecule has 0 aliphatic carbocycles. The van der Waals surface area contributed by atoms with E-state index in [2.05, 4.69) is 21.1 Å². The lowest BCUT2D eigenvalue weighted by molar-refractivity contribution is 0.543. The highest BCUT2D eigenvalue weighted by Crippen LogP contribution is 2.32. The first kappa shape index (κ1) is 15.4. The Hall–Kier alpha value is -3.86. The van der Waals surface area contributed by atoms with Crippen molar-refractivity contribution in [2.75, 3.05) is 0 Å². The molecular formula is C19H15N7O. The van der Waals surface area contributed by atoms with Crippen LogP contribution in [0.15, 0.2) is 47.4 Å². The van der Waals surface area contributed by atoms with Gasteiger partial charge in [0.25, 0.3) is 0 Å². The molecule has 8 nitrogen and oxygen atoms in total. The van der Waals surface area contributed by atoms with Crippen molar-refractivity contribution < 1.29 is 4.42 Å². The quantitative estimate of drug-likeness (QED) is 0.530. The van der Waals surface area contributed by atoms with Crippen molar-refractivity contribution in [3.63, 3.8) is 0 Å². The van der Waals surface area contributed by atoms with Crippen LogP contribution in [0.25, 0.3) is 39.3 Å². The topological polar surface area (TPSA) is 101 Å². The zero-order chi connectivity index (χ0) is 18.4. The van der Waals surface area contributed by atoms with Crippen molar-refractivity contribution in [1.82, 2.24) is 29.3 Å². The molecule has 1 N–H and O–H groups in total. The minimum Gasteiger partial charge on any atom is -0.458 e. The molecule has 0 saturated carbocycles. The lowest BCUT2D eigenvalue weighted by atomic mass is 10.3. The van der Waals surface area contributed by atoms with Crippen molar-refractivity contribution in [3.8, 4) is 23.3 Å². The standard InChI is InChI=1S/C19H15N7O/c1-12-3-4-16(27-12)19-24-15-10-22-18-14(5-7-21-18)17(15)26(19)13-9-23-25(11-13)8-2-6-20/h3-5,7,9-11H,2,8H2,1H3,(H,21,22). The third-order valence-electron chi connectivity index (χ3n) is 4.49. The third-order valence-corrected chi connectivity index (χ3v) is 4.49. The summed E-state index contributed by atoms with van der Waals surface area (Å²) >= 11 is 0. The molecule has 0 aliphatic heterocycles. The van der Waals surface area contributed by atoms with Crippen molar-refractivity contribution in [1.29, 1.82) is 5.26 Å². The van der Waals surface area contributed by atoms with Crippen LogP contribution in [0.1, 0.15) is 12.2 Å². The van der Waals surface area contributed by atoms with E-state index in [1.165, 1.54) is 0 Å². The fourth-order valence-electron chi connectivity index (χ4n) is 3.30. The number of fused-ring (bicyclic) bond motifs is 3. The van der Waals surface area contributed by atoms with Crippen molar-refractivity contribution in [2.24, 2.45) is 0 Å². The number of nitrogens with one attached hydrogen (secondary N) is 1. The van der Waals surface area contributed by atoms with E-state index >= 15 is 0 Å². The van der Waals surface area contributed by atoms with Gasteiger partial charge in [-0.05, 0) is 25.1 Å². The highest BCUT2D eigenvalue weighted by atomic mass is 16.3. The second kappa shape index (κ2) is 5.85. The SMILES string of the molecule is Cc1ccc(-c2nc3cnc4[nH]ccc4c3n2-c2cnn(CCC#N)c2)o1. The number of nitrogens with zero attached hydrogens (tertiary/aromatic N) is 6. The molecule has 0 bridgehead atoms. The Kier molecular flexibility index (Phi) is 3.33. The zero-order valence-corrected chi connectivity index (χ0v) is 14.5. The summed E-state index contributed by atoms with van der Waals surface area (Å²) in [7, 11) is 0. The molecule has 0 spiro atoms. The number of nitriles is 1. The lowest BCUT2D eigenvalue weighted by Crippen LogP contribution is -1.98. The van der Waals surface area contributed by atoms with Gasteiger partial charge in [-0.3, -0.25) is 9.25 Å². The van der Waals surface area contributed by atoms with Crippen molar-refractivity contribution >= 4 is 22.1 Å². The molecule has 5 heterocycles. The molecule has 8 heteroatoms. The van der Waals surface area contributed by atoms with E-state index in [1.807, 2.05) is 42.1 Å². The highest BCUT2D eigenvalue weighted by Gasteiger charge is 2.20. The third kappa shape index (κ3) is 2.40. The first-order valence-electron chi connectivity index (χ1n) is 8.56. The highest BCUT2D eigenvalue weighted by molar-refractivity contribution is 6.03. The number of aromatic amines is 1. The maximum Gasteiger partial charge on any atom is 0.182 e. The molecule has 27 heavy (non-hydrogen) atoms. The number of aromatic nitrogens is 6. The Bertz CT molecular complexity index is 1310. The first-order valence-corrected chi connectivity index (χ1v) is 8.56. The molecule has 5 aromatic heterocycles. The molecule has 0 atom stereocenters. The Morgan fingerprint density at radius 1 is 1.26 bits per heavy atom. The van der Waals surface area contributed by atoms with E-state index in [4.69, 9.17) is 14.7 Å². The molecule has 0 radical (unpaired) electrons. The number of imidazole rings is 1. The predicted molar refractivity (Wildman–Crippen MR) is 99.2 cm³/mol. The predicted octanol–water partition coefficient (Wildman–Crippen LogP) is 3.58. The maximum absolute atomic E-state index is 8.82. The molecule has 0 amide bonds. The monoisotopic (exact) mass is 357 g/mol. The number of hydrogen-bond donors (Lipinski definition) is 1. The summed E-state index contributed by atoms with van der Waals surface area (Å²) in [5.41, 5.74) is 3.36. The smallest absolute Gasteiger partial charge is 0.182 e. The molecular weight excluding hydrogens is 342 g/mol. The number of pyridine rings is 1. The number of aryl methyl sites for hydroxylation is 2. The maximum atomic E-state index is 8.82. The van der Waals surface area contributed by atoms with Gasteiger partial charge in [0.15, 0.2) is 11.6 Å². The largest absolute Gasteiger partial charge is 0.458 e. The average molecular weight is 357 g/mol. The summed E-state index contributed by atoms with van der Waals surface area (Å²) in [6.07, 6.45) is 7.71. The minimum absolute atomic E-state index is 0.405. The molecule has 5 aromatic rings. The first-order chi connectivity index (χ1) is 13.2. The van der Waals surface area contributed by atoms with Crippen LogP contribution in [0, 0.1) is 18.3 Å². The summed E-state index contributed by atoms with van der Waals surface area (Å²) in [6.45, 7) is 2.45. The molecule has 5 rings (SSSR count). The van der Waals surface area contributed by atoms with Gasteiger partial charge in [0.2, 0.25) is 0 Å². The fourth-order valence-corrected chi connectivity index (χ4v) is 3.30. The molecule has 132 valence electrons. The zero-order valence-electron chi connectivity index (χ0n) is 14.5. The van der Waals surface area contributed by atoms with Gasteiger partial charge >= 0.3 is 0 Å². The average Bonchev–Trinajstić information content (AvgIpc) is 3.43. The van der Waals surface area contributed by atoms with Crippen LogP contribution in [0.5, 0.6) is 0 Å². The van der Waals surface area contributed by atoms with Crippen LogP contribution >= 0.6 is 0 Å². The van der Waals surface area contributed by atoms with Gasteiger partial charge in [0.05, 0.1) is 42.6 Å². The Morgan fingerprint density at radius 3 is 3.00 bits per heavy atom. The van der Waals surface area contributed by atoms with E-state index in [0.717, 1.165) is 33.5 Å². The van der Waals surface area contributed by atoms with Crippen LogP contribution in [-0.2, 0) is 6.54 Å². The van der Waals surface area contributed by atoms with Crippen LogP contribution in [0.2, 0.25) is 0 Å². The normalized spacial score (nSPS) is 11.4. The van der Waals surface area contributed by atoms with Crippen molar-refractivity contribution in [3.05, 3.63) is 48.7 Å². The summed E-state index contributed by atoms with van der Waals surface area (Å²) in [6, 6.07) is 7.96.